The molecule has 0 fully saturated rings. The van der Waals surface area contributed by atoms with Crippen LogP contribution >= 0.6 is 0 Å². The first-order chi connectivity index (χ1) is 12.8. The minimum atomic E-state index is -3.73. The van der Waals surface area contributed by atoms with Crippen molar-refractivity contribution in [2.45, 2.75) is 18.7 Å². The van der Waals surface area contributed by atoms with Crippen molar-refractivity contribution in [2.24, 2.45) is 10.2 Å². The van der Waals surface area contributed by atoms with Crippen LogP contribution in [-0.2, 0) is 10.0 Å². The molecule has 27 heavy (non-hydrogen) atoms. The standard InChI is InChI=1S/C18H18N4O4S/c1-12-10-14(11-20-21-18(23)17-4-3-9-26-17)13(2)22(12)15-5-7-16(8-6-15)27(19,24)25/h3-11H,1-2H3,(H,21,23)(H2,19,24,25)/b20-11+. The summed E-state index contributed by atoms with van der Waals surface area (Å²) < 4.78 is 29.7. The van der Waals surface area contributed by atoms with Crippen molar-refractivity contribution in [3.63, 3.8) is 0 Å². The maximum Gasteiger partial charge on any atom is 0.307 e. The van der Waals surface area contributed by atoms with Gasteiger partial charge in [0.15, 0.2) is 5.76 Å². The molecule has 3 N–H and O–H groups in total. The fourth-order valence-electron chi connectivity index (χ4n) is 2.72. The molecule has 9 heteroatoms. The van der Waals surface area contributed by atoms with Crippen LogP contribution in [0.4, 0.5) is 0 Å². The Bertz CT molecular complexity index is 1100. The Balaban J connectivity index is 1.82. The Labute approximate surface area is 156 Å². The molecule has 1 amide bonds. The molecule has 8 nitrogen and oxygen atoms in total. The number of aryl methyl sites for hydroxylation is 1. The highest BCUT2D eigenvalue weighted by Gasteiger charge is 2.12. The number of rotatable bonds is 5. The fraction of sp³-hybridized carbons (Fsp3) is 0.111. The molecule has 0 radical (unpaired) electrons. The number of benzene rings is 1. The van der Waals surface area contributed by atoms with Crippen LogP contribution < -0.4 is 10.6 Å². The number of nitrogens with two attached hydrogens (primary N) is 1. The molecule has 0 bridgehead atoms. The number of nitrogens with one attached hydrogen (secondary N) is 1. The van der Waals surface area contributed by atoms with Gasteiger partial charge in [0, 0.05) is 22.6 Å². The predicted octanol–water partition coefficient (Wildman–Crippen LogP) is 2.10. The van der Waals surface area contributed by atoms with Crippen LogP contribution in [0.25, 0.3) is 5.69 Å². The molecule has 0 aliphatic heterocycles. The minimum absolute atomic E-state index is 0.0520. The number of aromatic nitrogens is 1. The Kier molecular flexibility index (Phi) is 4.98. The molecule has 0 aliphatic carbocycles. The van der Waals surface area contributed by atoms with Gasteiger partial charge in [-0.3, -0.25) is 4.79 Å². The smallest absolute Gasteiger partial charge is 0.307 e. The summed E-state index contributed by atoms with van der Waals surface area (Å²) >= 11 is 0. The second kappa shape index (κ2) is 7.22. The van der Waals surface area contributed by atoms with E-state index in [-0.39, 0.29) is 10.7 Å². The highest BCUT2D eigenvalue weighted by atomic mass is 32.2. The number of hydrogen-bond donors (Lipinski definition) is 2. The zero-order valence-corrected chi connectivity index (χ0v) is 15.5. The van der Waals surface area contributed by atoms with Gasteiger partial charge in [0.25, 0.3) is 0 Å². The third kappa shape index (κ3) is 3.99. The van der Waals surface area contributed by atoms with Crippen LogP contribution in [0.2, 0.25) is 0 Å². The molecule has 0 saturated carbocycles. The number of nitrogens with zero attached hydrogens (tertiary/aromatic N) is 2. The zero-order valence-electron chi connectivity index (χ0n) is 14.7. The first-order valence-corrected chi connectivity index (χ1v) is 9.51. The molecular formula is C18H18N4O4S. The largest absolute Gasteiger partial charge is 0.459 e. The van der Waals surface area contributed by atoms with Crippen molar-refractivity contribution in [1.82, 2.24) is 9.99 Å². The van der Waals surface area contributed by atoms with Gasteiger partial charge in [-0.05, 0) is 56.3 Å². The molecule has 3 rings (SSSR count). The molecule has 0 unspecified atom stereocenters. The van der Waals surface area contributed by atoms with Gasteiger partial charge < -0.3 is 8.98 Å². The van der Waals surface area contributed by atoms with Crippen LogP contribution in [0.5, 0.6) is 0 Å². The van der Waals surface area contributed by atoms with Crippen LogP contribution in [0.1, 0.15) is 27.5 Å². The Morgan fingerprint density at radius 2 is 1.93 bits per heavy atom. The predicted molar refractivity (Wildman–Crippen MR) is 100 cm³/mol. The summed E-state index contributed by atoms with van der Waals surface area (Å²) in [5, 5.41) is 9.09. The fourth-order valence-corrected chi connectivity index (χ4v) is 3.24. The average molecular weight is 386 g/mol. The molecule has 2 heterocycles. The quantitative estimate of drug-likeness (QED) is 0.515. The number of hydrogen-bond acceptors (Lipinski definition) is 5. The average Bonchev–Trinajstić information content (AvgIpc) is 3.23. The molecule has 3 aromatic rings. The van der Waals surface area contributed by atoms with Crippen molar-refractivity contribution >= 4 is 22.1 Å². The molecule has 1 aromatic carbocycles. The second-order valence-corrected chi connectivity index (χ2v) is 7.44. The molecule has 0 saturated heterocycles. The second-order valence-electron chi connectivity index (χ2n) is 5.88. The lowest BCUT2D eigenvalue weighted by atomic mass is 10.2. The summed E-state index contributed by atoms with van der Waals surface area (Å²) in [5.74, 6) is -0.267. The van der Waals surface area contributed by atoms with Crippen molar-refractivity contribution in [3.05, 3.63) is 71.4 Å². The van der Waals surface area contributed by atoms with Gasteiger partial charge in [0.2, 0.25) is 10.0 Å². The van der Waals surface area contributed by atoms with Gasteiger partial charge >= 0.3 is 5.91 Å². The summed E-state index contributed by atoms with van der Waals surface area (Å²) in [6.45, 7) is 3.82. The van der Waals surface area contributed by atoms with E-state index in [0.717, 1.165) is 22.6 Å². The normalized spacial score (nSPS) is 11.8. The zero-order chi connectivity index (χ0) is 19.6. The molecule has 2 aromatic heterocycles. The minimum Gasteiger partial charge on any atom is -0.459 e. The topological polar surface area (TPSA) is 120 Å². The van der Waals surface area contributed by atoms with E-state index >= 15 is 0 Å². The summed E-state index contributed by atoms with van der Waals surface area (Å²) in [4.78, 5) is 11.9. The first kappa shape index (κ1) is 18.6. The number of carbonyl (C=O) groups excluding carboxylic acids is 1. The van der Waals surface area contributed by atoms with Gasteiger partial charge in [0.05, 0.1) is 17.4 Å². The molecule has 0 atom stereocenters. The Hall–Kier alpha value is -3.17. The summed E-state index contributed by atoms with van der Waals surface area (Å²) in [5.41, 5.74) is 5.80. The molecule has 0 spiro atoms. The third-order valence-electron chi connectivity index (χ3n) is 4.01. The van der Waals surface area contributed by atoms with Crippen LogP contribution in [0.15, 0.2) is 63.1 Å². The van der Waals surface area contributed by atoms with E-state index in [9.17, 15) is 13.2 Å². The lowest BCUT2D eigenvalue weighted by Gasteiger charge is -2.10. The van der Waals surface area contributed by atoms with Gasteiger partial charge in [-0.2, -0.15) is 5.10 Å². The van der Waals surface area contributed by atoms with E-state index in [4.69, 9.17) is 9.56 Å². The lowest BCUT2D eigenvalue weighted by molar-refractivity contribution is 0.0927. The number of amides is 1. The van der Waals surface area contributed by atoms with Gasteiger partial charge in [-0.1, -0.05) is 0 Å². The summed E-state index contributed by atoms with van der Waals surface area (Å²) in [6, 6.07) is 11.3. The van der Waals surface area contributed by atoms with E-state index in [1.807, 2.05) is 24.5 Å². The van der Waals surface area contributed by atoms with Gasteiger partial charge in [-0.15, -0.1) is 0 Å². The Morgan fingerprint density at radius 3 is 2.52 bits per heavy atom. The van der Waals surface area contributed by atoms with Crippen molar-refractivity contribution in [2.75, 3.05) is 0 Å². The molecular weight excluding hydrogens is 368 g/mol. The van der Waals surface area contributed by atoms with E-state index in [1.165, 1.54) is 18.4 Å². The number of carbonyl (C=O) groups is 1. The van der Waals surface area contributed by atoms with Gasteiger partial charge in [-0.25, -0.2) is 19.0 Å². The summed E-state index contributed by atoms with van der Waals surface area (Å²) in [7, 11) is -3.73. The molecule has 140 valence electrons. The van der Waals surface area contributed by atoms with E-state index in [0.29, 0.717) is 0 Å². The lowest BCUT2D eigenvalue weighted by Crippen LogP contribution is -2.16. The van der Waals surface area contributed by atoms with Crippen LogP contribution in [0.3, 0.4) is 0 Å². The first-order valence-electron chi connectivity index (χ1n) is 7.96. The van der Waals surface area contributed by atoms with Crippen LogP contribution in [0, 0.1) is 13.8 Å². The SMILES string of the molecule is Cc1cc(/C=N/NC(=O)c2ccco2)c(C)n1-c1ccc(S(N)(=O)=O)cc1. The van der Waals surface area contributed by atoms with Crippen LogP contribution in [-0.4, -0.2) is 25.1 Å². The number of hydrazone groups is 1. The Morgan fingerprint density at radius 1 is 1.22 bits per heavy atom. The van der Waals surface area contributed by atoms with Crippen molar-refractivity contribution < 1.29 is 17.6 Å². The maximum absolute atomic E-state index is 11.8. The highest BCUT2D eigenvalue weighted by Crippen LogP contribution is 2.21. The van der Waals surface area contributed by atoms with E-state index in [2.05, 4.69) is 10.5 Å². The van der Waals surface area contributed by atoms with E-state index in [1.54, 1.807) is 30.5 Å². The molecule has 0 aliphatic rings. The monoisotopic (exact) mass is 386 g/mol. The summed E-state index contributed by atoms with van der Waals surface area (Å²) in [6.07, 6.45) is 2.95. The van der Waals surface area contributed by atoms with Crippen molar-refractivity contribution in [1.29, 1.82) is 0 Å². The number of sulfonamides is 1. The van der Waals surface area contributed by atoms with E-state index < -0.39 is 15.9 Å². The maximum atomic E-state index is 11.8. The number of primary sulfonamides is 1. The highest BCUT2D eigenvalue weighted by molar-refractivity contribution is 7.89. The third-order valence-corrected chi connectivity index (χ3v) is 4.94. The van der Waals surface area contributed by atoms with Gasteiger partial charge in [0.1, 0.15) is 0 Å². The number of furan rings is 1. The van der Waals surface area contributed by atoms with Crippen molar-refractivity contribution in [3.8, 4) is 5.69 Å².